The van der Waals surface area contributed by atoms with Crippen LogP contribution in [0, 0.1) is 0 Å². The van der Waals surface area contributed by atoms with Crippen LogP contribution in [0.4, 0.5) is 0 Å². The Morgan fingerprint density at radius 1 is 1.33 bits per heavy atom. The molecule has 1 aromatic carbocycles. The van der Waals surface area contributed by atoms with E-state index in [9.17, 15) is 0 Å². The van der Waals surface area contributed by atoms with Crippen LogP contribution in [-0.2, 0) is 6.54 Å². The summed E-state index contributed by atoms with van der Waals surface area (Å²) in [7, 11) is 0. The minimum Gasteiger partial charge on any atom is -0.494 e. The molecule has 1 heterocycles. The number of nitrogens with one attached hydrogen (secondary N) is 1. The molecule has 1 unspecified atom stereocenters. The molecule has 0 amide bonds. The van der Waals surface area contributed by atoms with E-state index in [0.717, 1.165) is 25.3 Å². The van der Waals surface area contributed by atoms with Gasteiger partial charge in [-0.15, -0.1) is 0 Å². The van der Waals surface area contributed by atoms with Gasteiger partial charge in [-0.2, -0.15) is 11.8 Å². The van der Waals surface area contributed by atoms with E-state index in [2.05, 4.69) is 36.5 Å². The molecule has 2 nitrogen and oxygen atoms in total. The summed E-state index contributed by atoms with van der Waals surface area (Å²) in [4.78, 5) is 0. The second kappa shape index (κ2) is 7.70. The predicted octanol–water partition coefficient (Wildman–Crippen LogP) is 3.46. The van der Waals surface area contributed by atoms with E-state index in [4.69, 9.17) is 4.74 Å². The summed E-state index contributed by atoms with van der Waals surface area (Å²) in [5.41, 5.74) is 1.34. The molecule has 3 heteroatoms. The van der Waals surface area contributed by atoms with Crippen molar-refractivity contribution in [1.29, 1.82) is 0 Å². The van der Waals surface area contributed by atoms with Gasteiger partial charge in [0.15, 0.2) is 0 Å². The Labute approximate surface area is 114 Å². The Hall–Kier alpha value is -0.670. The largest absolute Gasteiger partial charge is 0.494 e. The number of thioether (sulfide) groups is 1. The van der Waals surface area contributed by atoms with Crippen molar-refractivity contribution in [3.8, 4) is 5.75 Å². The van der Waals surface area contributed by atoms with Crippen LogP contribution in [0.3, 0.4) is 0 Å². The molecule has 18 heavy (non-hydrogen) atoms. The van der Waals surface area contributed by atoms with Gasteiger partial charge in [0.25, 0.3) is 0 Å². The average molecular weight is 265 g/mol. The molecule has 1 saturated heterocycles. The second-order valence-electron chi connectivity index (χ2n) is 4.79. The SMILES string of the molecule is CCCCOc1ccc(CNC2CCSC2)cc1. The van der Waals surface area contributed by atoms with Crippen molar-refractivity contribution in [2.24, 2.45) is 0 Å². The molecule has 100 valence electrons. The molecule has 0 bridgehead atoms. The molecule has 1 aromatic rings. The van der Waals surface area contributed by atoms with E-state index in [1.54, 1.807) is 0 Å². The van der Waals surface area contributed by atoms with Crippen molar-refractivity contribution in [1.82, 2.24) is 5.32 Å². The van der Waals surface area contributed by atoms with Gasteiger partial charge in [-0.3, -0.25) is 0 Å². The molecule has 1 fully saturated rings. The number of benzene rings is 1. The van der Waals surface area contributed by atoms with Gasteiger partial charge >= 0.3 is 0 Å². The van der Waals surface area contributed by atoms with Gasteiger partial charge in [-0.05, 0) is 36.3 Å². The number of ether oxygens (including phenoxy) is 1. The number of hydrogen-bond acceptors (Lipinski definition) is 3. The minimum atomic E-state index is 0.704. The molecular formula is C15H23NOS. The van der Waals surface area contributed by atoms with Gasteiger partial charge in [-0.1, -0.05) is 25.5 Å². The maximum absolute atomic E-state index is 5.66. The van der Waals surface area contributed by atoms with Gasteiger partial charge in [0, 0.05) is 18.3 Å². The highest BCUT2D eigenvalue weighted by molar-refractivity contribution is 7.99. The van der Waals surface area contributed by atoms with E-state index in [1.165, 1.54) is 29.9 Å². The molecule has 1 atom stereocenters. The van der Waals surface area contributed by atoms with E-state index in [1.807, 2.05) is 11.8 Å². The van der Waals surface area contributed by atoms with Crippen LogP contribution in [0.5, 0.6) is 5.75 Å². The lowest BCUT2D eigenvalue weighted by molar-refractivity contribution is 0.309. The first-order chi connectivity index (χ1) is 8.88. The van der Waals surface area contributed by atoms with Crippen molar-refractivity contribution in [2.75, 3.05) is 18.1 Å². The van der Waals surface area contributed by atoms with E-state index in [-0.39, 0.29) is 0 Å². The molecule has 2 rings (SSSR count). The number of hydrogen-bond donors (Lipinski definition) is 1. The molecule has 0 aliphatic carbocycles. The number of rotatable bonds is 7. The smallest absolute Gasteiger partial charge is 0.119 e. The Bertz CT molecular complexity index is 333. The van der Waals surface area contributed by atoms with Crippen molar-refractivity contribution in [3.05, 3.63) is 29.8 Å². The first-order valence-corrected chi connectivity index (χ1v) is 8.07. The van der Waals surface area contributed by atoms with Gasteiger partial charge < -0.3 is 10.1 Å². The van der Waals surface area contributed by atoms with Crippen molar-refractivity contribution < 1.29 is 4.74 Å². The van der Waals surface area contributed by atoms with Gasteiger partial charge in [0.1, 0.15) is 5.75 Å². The first kappa shape index (κ1) is 13.8. The fourth-order valence-electron chi connectivity index (χ4n) is 2.00. The molecule has 0 saturated carbocycles. The zero-order valence-electron chi connectivity index (χ0n) is 11.2. The summed E-state index contributed by atoms with van der Waals surface area (Å²) >= 11 is 2.05. The normalized spacial score (nSPS) is 19.1. The fraction of sp³-hybridized carbons (Fsp3) is 0.600. The first-order valence-electron chi connectivity index (χ1n) is 6.91. The standard InChI is InChI=1S/C15H23NOS/c1-2-3-9-17-15-6-4-13(5-7-15)11-16-14-8-10-18-12-14/h4-7,14,16H,2-3,8-12H2,1H3. The molecule has 1 aliphatic rings. The second-order valence-corrected chi connectivity index (χ2v) is 5.94. The van der Waals surface area contributed by atoms with Crippen LogP contribution in [0.15, 0.2) is 24.3 Å². The van der Waals surface area contributed by atoms with Crippen molar-refractivity contribution in [3.63, 3.8) is 0 Å². The summed E-state index contributed by atoms with van der Waals surface area (Å²) in [6, 6.07) is 9.19. The van der Waals surface area contributed by atoms with Crippen LogP contribution < -0.4 is 10.1 Å². The molecule has 0 aromatic heterocycles. The molecule has 1 N–H and O–H groups in total. The molecular weight excluding hydrogens is 242 g/mol. The van der Waals surface area contributed by atoms with E-state index >= 15 is 0 Å². The highest BCUT2D eigenvalue weighted by Gasteiger charge is 2.13. The summed E-state index contributed by atoms with van der Waals surface area (Å²) in [6.45, 7) is 3.98. The third-order valence-electron chi connectivity index (χ3n) is 3.21. The van der Waals surface area contributed by atoms with Gasteiger partial charge in [-0.25, -0.2) is 0 Å². The van der Waals surface area contributed by atoms with Gasteiger partial charge in [0.2, 0.25) is 0 Å². The lowest BCUT2D eigenvalue weighted by atomic mass is 10.2. The average Bonchev–Trinajstić information content (AvgIpc) is 2.91. The minimum absolute atomic E-state index is 0.704. The van der Waals surface area contributed by atoms with Crippen LogP contribution >= 0.6 is 11.8 Å². The van der Waals surface area contributed by atoms with E-state index in [0.29, 0.717) is 6.04 Å². The zero-order chi connectivity index (χ0) is 12.6. The zero-order valence-corrected chi connectivity index (χ0v) is 12.0. The van der Waals surface area contributed by atoms with Gasteiger partial charge in [0.05, 0.1) is 6.61 Å². The van der Waals surface area contributed by atoms with Crippen LogP contribution in [0.1, 0.15) is 31.7 Å². The van der Waals surface area contributed by atoms with Crippen molar-refractivity contribution in [2.45, 2.75) is 38.8 Å². The summed E-state index contributed by atoms with van der Waals surface area (Å²) in [6.07, 6.45) is 3.62. The number of unbranched alkanes of at least 4 members (excludes halogenated alkanes) is 1. The highest BCUT2D eigenvalue weighted by Crippen LogP contribution is 2.18. The van der Waals surface area contributed by atoms with Crippen LogP contribution in [0.2, 0.25) is 0 Å². The summed E-state index contributed by atoms with van der Waals surface area (Å²) in [5.74, 6) is 3.56. The van der Waals surface area contributed by atoms with Crippen molar-refractivity contribution >= 4 is 11.8 Å². The molecule has 1 aliphatic heterocycles. The Morgan fingerprint density at radius 2 is 2.17 bits per heavy atom. The van der Waals surface area contributed by atoms with Crippen LogP contribution in [0.25, 0.3) is 0 Å². The van der Waals surface area contributed by atoms with E-state index < -0.39 is 0 Å². The quantitative estimate of drug-likeness (QED) is 0.763. The summed E-state index contributed by atoms with van der Waals surface area (Å²) < 4.78 is 5.66. The maximum atomic E-state index is 5.66. The fourth-order valence-corrected chi connectivity index (χ4v) is 3.18. The molecule has 0 radical (unpaired) electrons. The maximum Gasteiger partial charge on any atom is 0.119 e. The third-order valence-corrected chi connectivity index (χ3v) is 4.38. The van der Waals surface area contributed by atoms with Crippen LogP contribution in [-0.4, -0.2) is 24.2 Å². The Balaban J connectivity index is 1.72. The summed E-state index contributed by atoms with van der Waals surface area (Å²) in [5, 5.41) is 3.61. The lowest BCUT2D eigenvalue weighted by Gasteiger charge is -2.11. The predicted molar refractivity (Wildman–Crippen MR) is 79.4 cm³/mol. The molecule has 0 spiro atoms. The highest BCUT2D eigenvalue weighted by atomic mass is 32.2. The Morgan fingerprint density at radius 3 is 2.83 bits per heavy atom. The third kappa shape index (κ3) is 4.54. The topological polar surface area (TPSA) is 21.3 Å². The monoisotopic (exact) mass is 265 g/mol. The Kier molecular flexibility index (Phi) is 5.88. The lowest BCUT2D eigenvalue weighted by Crippen LogP contribution is -2.27.